The Morgan fingerprint density at radius 3 is 2.40 bits per heavy atom. The zero-order valence-electron chi connectivity index (χ0n) is 11.9. The van der Waals surface area contributed by atoms with Gasteiger partial charge in [-0.25, -0.2) is 0 Å². The molecule has 0 aliphatic carbocycles. The average molecular weight is 278 g/mol. The molecule has 0 saturated carbocycles. The zero-order chi connectivity index (χ0) is 15.1. The molecule has 0 aliphatic rings. The molecule has 0 fully saturated rings. The Bertz CT molecular complexity index is 457. The number of phenolic OH excluding ortho intramolecular Hbond substituents is 1. The van der Waals surface area contributed by atoms with Gasteiger partial charge in [-0.2, -0.15) is 0 Å². The summed E-state index contributed by atoms with van der Waals surface area (Å²) in [6.07, 6.45) is 1.62. The molecule has 1 aromatic carbocycles. The fourth-order valence-corrected chi connectivity index (χ4v) is 1.80. The first-order chi connectivity index (χ1) is 9.42. The van der Waals surface area contributed by atoms with E-state index in [1.54, 1.807) is 12.1 Å². The van der Waals surface area contributed by atoms with Crippen LogP contribution in [0.25, 0.3) is 0 Å². The molecule has 0 aromatic heterocycles. The van der Waals surface area contributed by atoms with Crippen LogP contribution < -0.4 is 11.1 Å². The molecule has 5 heteroatoms. The highest BCUT2D eigenvalue weighted by molar-refractivity contribution is 5.86. The van der Waals surface area contributed by atoms with Crippen LogP contribution in [0, 0.1) is 5.92 Å². The van der Waals surface area contributed by atoms with Gasteiger partial charge < -0.3 is 16.2 Å². The lowest BCUT2D eigenvalue weighted by atomic mass is 10.0. The van der Waals surface area contributed by atoms with Crippen molar-refractivity contribution >= 4 is 11.8 Å². The molecule has 20 heavy (non-hydrogen) atoms. The lowest BCUT2D eigenvalue weighted by Gasteiger charge is -2.17. The van der Waals surface area contributed by atoms with Crippen LogP contribution in [-0.2, 0) is 16.0 Å². The number of aromatic hydroxyl groups is 1. The van der Waals surface area contributed by atoms with Crippen LogP contribution >= 0.6 is 0 Å². The van der Waals surface area contributed by atoms with Crippen LogP contribution in [-0.4, -0.2) is 23.0 Å². The van der Waals surface area contributed by atoms with Crippen molar-refractivity contribution in [1.29, 1.82) is 0 Å². The second kappa shape index (κ2) is 7.53. The van der Waals surface area contributed by atoms with Gasteiger partial charge in [-0.3, -0.25) is 9.59 Å². The van der Waals surface area contributed by atoms with E-state index >= 15 is 0 Å². The Balaban J connectivity index is 2.63. The van der Waals surface area contributed by atoms with Crippen molar-refractivity contribution in [2.75, 3.05) is 0 Å². The van der Waals surface area contributed by atoms with Gasteiger partial charge in [0, 0.05) is 12.8 Å². The topological polar surface area (TPSA) is 92.4 Å². The number of benzene rings is 1. The van der Waals surface area contributed by atoms with E-state index in [1.165, 1.54) is 12.1 Å². The maximum atomic E-state index is 11.8. The summed E-state index contributed by atoms with van der Waals surface area (Å²) < 4.78 is 0. The van der Waals surface area contributed by atoms with Crippen molar-refractivity contribution in [1.82, 2.24) is 5.32 Å². The predicted octanol–water partition coefficient (Wildman–Crippen LogP) is 1.34. The van der Waals surface area contributed by atoms with E-state index in [2.05, 4.69) is 5.32 Å². The zero-order valence-corrected chi connectivity index (χ0v) is 11.9. The minimum Gasteiger partial charge on any atom is -0.508 e. The number of nitrogens with one attached hydrogen (secondary N) is 1. The molecule has 0 unspecified atom stereocenters. The molecule has 0 saturated heterocycles. The fraction of sp³-hybridized carbons (Fsp3) is 0.467. The number of phenols is 1. The van der Waals surface area contributed by atoms with Gasteiger partial charge in [0.25, 0.3) is 0 Å². The molecule has 0 radical (unpaired) electrons. The molecule has 5 nitrogen and oxygen atoms in total. The summed E-state index contributed by atoms with van der Waals surface area (Å²) in [6, 6.07) is 5.75. The van der Waals surface area contributed by atoms with E-state index in [1.807, 2.05) is 13.8 Å². The normalized spacial score (nSPS) is 13.5. The molecule has 1 aromatic rings. The van der Waals surface area contributed by atoms with Crippen LogP contribution in [0.3, 0.4) is 0 Å². The molecule has 0 bridgehead atoms. The molecule has 110 valence electrons. The summed E-state index contributed by atoms with van der Waals surface area (Å²) in [6.45, 7) is 4.00. The smallest absolute Gasteiger partial charge is 0.240 e. The van der Waals surface area contributed by atoms with Crippen LogP contribution in [0.1, 0.15) is 32.3 Å². The maximum absolute atomic E-state index is 11.8. The molecular formula is C15H22N2O3. The highest BCUT2D eigenvalue weighted by Crippen LogP contribution is 2.12. The first kappa shape index (κ1) is 16.0. The molecule has 2 amide bonds. The highest BCUT2D eigenvalue weighted by Gasteiger charge is 2.19. The van der Waals surface area contributed by atoms with Gasteiger partial charge >= 0.3 is 0 Å². The van der Waals surface area contributed by atoms with Crippen molar-refractivity contribution in [2.45, 2.75) is 39.2 Å². The van der Waals surface area contributed by atoms with E-state index in [4.69, 9.17) is 5.73 Å². The van der Waals surface area contributed by atoms with Gasteiger partial charge in [-0.15, -0.1) is 0 Å². The van der Waals surface area contributed by atoms with Gasteiger partial charge in [0.2, 0.25) is 11.8 Å². The summed E-state index contributed by atoms with van der Waals surface area (Å²) in [5, 5.41) is 11.9. The van der Waals surface area contributed by atoms with Gasteiger partial charge in [-0.05, 0) is 23.6 Å². The number of amides is 2. The van der Waals surface area contributed by atoms with E-state index < -0.39 is 11.9 Å². The lowest BCUT2D eigenvalue weighted by Crippen LogP contribution is -2.46. The molecule has 2 atom stereocenters. The van der Waals surface area contributed by atoms with Crippen LogP contribution in [0.4, 0.5) is 0 Å². The Labute approximate surface area is 119 Å². The molecule has 0 aliphatic heterocycles. The van der Waals surface area contributed by atoms with E-state index in [-0.39, 0.29) is 17.6 Å². The van der Waals surface area contributed by atoms with Crippen LogP contribution in [0.2, 0.25) is 0 Å². The van der Waals surface area contributed by atoms with Crippen molar-refractivity contribution in [3.8, 4) is 5.75 Å². The van der Waals surface area contributed by atoms with Crippen molar-refractivity contribution in [3.63, 3.8) is 0 Å². The number of hydrogen-bond donors (Lipinski definition) is 3. The van der Waals surface area contributed by atoms with Gasteiger partial charge in [0.05, 0.1) is 0 Å². The van der Waals surface area contributed by atoms with Crippen LogP contribution in [0.5, 0.6) is 5.75 Å². The summed E-state index contributed by atoms with van der Waals surface area (Å²) in [5.41, 5.74) is 6.15. The van der Waals surface area contributed by atoms with Gasteiger partial charge in [-0.1, -0.05) is 32.4 Å². The summed E-state index contributed by atoms with van der Waals surface area (Å²) in [7, 11) is 0. The minimum atomic E-state index is -0.726. The molecule has 4 N–H and O–H groups in total. The third-order valence-electron chi connectivity index (χ3n) is 3.29. The monoisotopic (exact) mass is 278 g/mol. The highest BCUT2D eigenvalue weighted by atomic mass is 16.3. The molecule has 1 rings (SSSR count). The second-order valence-corrected chi connectivity index (χ2v) is 5.11. The van der Waals surface area contributed by atoms with E-state index in [0.717, 1.165) is 12.0 Å². The number of hydrogen-bond acceptors (Lipinski definition) is 3. The quantitative estimate of drug-likeness (QED) is 0.702. The van der Waals surface area contributed by atoms with Crippen LogP contribution in [0.15, 0.2) is 24.3 Å². The minimum absolute atomic E-state index is 0.158. The second-order valence-electron chi connectivity index (χ2n) is 5.11. The third-order valence-corrected chi connectivity index (χ3v) is 3.29. The Morgan fingerprint density at radius 1 is 1.30 bits per heavy atom. The van der Waals surface area contributed by atoms with Gasteiger partial charge in [0.1, 0.15) is 11.8 Å². The maximum Gasteiger partial charge on any atom is 0.240 e. The Hall–Kier alpha value is -2.04. The summed E-state index contributed by atoms with van der Waals surface area (Å²) >= 11 is 0. The van der Waals surface area contributed by atoms with Crippen molar-refractivity contribution in [2.24, 2.45) is 11.7 Å². The number of primary amides is 1. The number of rotatable bonds is 7. The van der Waals surface area contributed by atoms with E-state index in [0.29, 0.717) is 12.8 Å². The average Bonchev–Trinajstić information content (AvgIpc) is 2.40. The largest absolute Gasteiger partial charge is 0.508 e. The Kier molecular flexibility index (Phi) is 6.03. The lowest BCUT2D eigenvalue weighted by molar-refractivity contribution is -0.127. The standard InChI is InChI=1S/C15H22N2O3/c1-3-10(2)8-14(19)17-13(15(16)20)9-11-4-6-12(18)7-5-11/h4-7,10,13,18H,3,8-9H2,1-2H3,(H2,16,20)(H,17,19)/t10-,13-/m0/s1. The first-order valence-electron chi connectivity index (χ1n) is 6.79. The summed E-state index contributed by atoms with van der Waals surface area (Å²) in [5.74, 6) is -0.292. The van der Waals surface area contributed by atoms with Gasteiger partial charge in [0.15, 0.2) is 0 Å². The number of nitrogens with two attached hydrogens (primary N) is 1. The van der Waals surface area contributed by atoms with Crippen molar-refractivity contribution < 1.29 is 14.7 Å². The third kappa shape index (κ3) is 5.30. The predicted molar refractivity (Wildman–Crippen MR) is 77.0 cm³/mol. The number of carbonyl (C=O) groups excluding carboxylic acids is 2. The first-order valence-corrected chi connectivity index (χ1v) is 6.79. The summed E-state index contributed by atoms with van der Waals surface area (Å²) in [4.78, 5) is 23.2. The van der Waals surface area contributed by atoms with Crippen molar-refractivity contribution in [3.05, 3.63) is 29.8 Å². The molecule has 0 heterocycles. The number of carbonyl (C=O) groups is 2. The SMILES string of the molecule is CC[C@H](C)CC(=O)N[C@@H](Cc1ccc(O)cc1)C(N)=O. The fourth-order valence-electron chi connectivity index (χ4n) is 1.80. The molecular weight excluding hydrogens is 256 g/mol. The Morgan fingerprint density at radius 2 is 1.90 bits per heavy atom. The van der Waals surface area contributed by atoms with E-state index in [9.17, 15) is 14.7 Å². The molecule has 0 spiro atoms.